The quantitative estimate of drug-likeness (QED) is 0.714. The summed E-state index contributed by atoms with van der Waals surface area (Å²) in [6, 6.07) is 10.8. The summed E-state index contributed by atoms with van der Waals surface area (Å²) in [5.41, 5.74) is 8.91. The maximum atomic E-state index is 13.3. The zero-order valence-electron chi connectivity index (χ0n) is 11.1. The predicted molar refractivity (Wildman–Crippen MR) is 88.0 cm³/mol. The van der Waals surface area contributed by atoms with Crippen molar-refractivity contribution in [2.24, 2.45) is 5.73 Å². The van der Waals surface area contributed by atoms with Crippen LogP contribution in [0.3, 0.4) is 0 Å². The highest BCUT2D eigenvalue weighted by Gasteiger charge is 2.09. The zero-order chi connectivity index (χ0) is 15.0. The summed E-state index contributed by atoms with van der Waals surface area (Å²) in [7, 11) is 0. The van der Waals surface area contributed by atoms with Gasteiger partial charge < -0.3 is 10.3 Å². The van der Waals surface area contributed by atoms with E-state index in [0.29, 0.717) is 22.6 Å². The third-order valence-electron chi connectivity index (χ3n) is 3.48. The smallest absolute Gasteiger partial charge is 0.137 e. The number of benzene rings is 2. The summed E-state index contributed by atoms with van der Waals surface area (Å²) in [6.07, 6.45) is 2.03. The number of halogens is 3. The molecule has 1 heterocycles. The van der Waals surface area contributed by atoms with Gasteiger partial charge in [0.2, 0.25) is 0 Å². The fraction of sp³-hybridized carbons (Fsp3) is 0.125. The third-order valence-corrected chi connectivity index (χ3v) is 4.33. The summed E-state index contributed by atoms with van der Waals surface area (Å²) in [5, 5.41) is 1.79. The molecule has 3 rings (SSSR count). The highest BCUT2D eigenvalue weighted by atomic mass is 79.9. The minimum Gasteiger partial charge on any atom is -0.343 e. The van der Waals surface area contributed by atoms with E-state index in [-0.39, 0.29) is 5.82 Å². The van der Waals surface area contributed by atoms with Gasteiger partial charge in [0.1, 0.15) is 5.82 Å². The Balaban J connectivity index is 2.07. The molecule has 0 unspecified atom stereocenters. The van der Waals surface area contributed by atoms with Crippen LogP contribution in [0.1, 0.15) is 11.1 Å². The van der Waals surface area contributed by atoms with Gasteiger partial charge in [0.25, 0.3) is 0 Å². The van der Waals surface area contributed by atoms with Crippen LogP contribution in [-0.2, 0) is 13.1 Å². The first kappa shape index (κ1) is 14.6. The van der Waals surface area contributed by atoms with Crippen molar-refractivity contribution in [2.75, 3.05) is 0 Å². The van der Waals surface area contributed by atoms with E-state index in [1.54, 1.807) is 12.1 Å². The van der Waals surface area contributed by atoms with Gasteiger partial charge in [-0.3, -0.25) is 0 Å². The lowest BCUT2D eigenvalue weighted by molar-refractivity contribution is 0.619. The molecule has 0 atom stereocenters. The van der Waals surface area contributed by atoms with Gasteiger partial charge in [-0.1, -0.05) is 23.7 Å². The first-order chi connectivity index (χ1) is 10.1. The van der Waals surface area contributed by atoms with E-state index < -0.39 is 0 Å². The summed E-state index contributed by atoms with van der Waals surface area (Å²) in [6.45, 7) is 1.11. The van der Waals surface area contributed by atoms with E-state index in [2.05, 4.69) is 20.5 Å². The van der Waals surface area contributed by atoms with Crippen LogP contribution in [-0.4, -0.2) is 4.57 Å². The molecule has 5 heteroatoms. The van der Waals surface area contributed by atoms with E-state index >= 15 is 0 Å². The minimum absolute atomic E-state index is 0.262. The SMILES string of the molecule is NCc1cn(Cc2ccc(F)c(Br)c2)c2cc(Cl)ccc12. The highest BCUT2D eigenvalue weighted by molar-refractivity contribution is 9.10. The van der Waals surface area contributed by atoms with Crippen LogP contribution in [0.4, 0.5) is 4.39 Å². The second-order valence-corrected chi connectivity index (χ2v) is 6.19. The van der Waals surface area contributed by atoms with Crippen LogP contribution < -0.4 is 5.73 Å². The van der Waals surface area contributed by atoms with Crippen LogP contribution in [0.5, 0.6) is 0 Å². The van der Waals surface area contributed by atoms with Gasteiger partial charge in [-0.05, 0) is 51.3 Å². The van der Waals surface area contributed by atoms with E-state index in [1.807, 2.05) is 24.4 Å². The van der Waals surface area contributed by atoms with Crippen LogP contribution >= 0.6 is 27.5 Å². The average Bonchev–Trinajstić information content (AvgIpc) is 2.80. The van der Waals surface area contributed by atoms with Gasteiger partial charge in [0.15, 0.2) is 0 Å². The normalized spacial score (nSPS) is 11.2. The van der Waals surface area contributed by atoms with Crippen LogP contribution in [0.15, 0.2) is 47.1 Å². The Morgan fingerprint density at radius 3 is 2.71 bits per heavy atom. The lowest BCUT2D eigenvalue weighted by Crippen LogP contribution is -1.99. The lowest BCUT2D eigenvalue weighted by atomic mass is 10.2. The van der Waals surface area contributed by atoms with Crippen molar-refractivity contribution in [1.82, 2.24) is 4.57 Å². The number of nitrogens with zero attached hydrogens (tertiary/aromatic N) is 1. The molecule has 0 aliphatic rings. The van der Waals surface area contributed by atoms with E-state index in [9.17, 15) is 4.39 Å². The molecule has 2 nitrogen and oxygen atoms in total. The molecule has 108 valence electrons. The Morgan fingerprint density at radius 2 is 2.00 bits per heavy atom. The fourth-order valence-corrected chi connectivity index (χ4v) is 3.06. The van der Waals surface area contributed by atoms with Gasteiger partial charge >= 0.3 is 0 Å². The molecular weight excluding hydrogens is 355 g/mol. The maximum absolute atomic E-state index is 13.3. The minimum atomic E-state index is -0.262. The average molecular weight is 368 g/mol. The Hall–Kier alpha value is -1.36. The summed E-state index contributed by atoms with van der Waals surface area (Å²) in [5.74, 6) is -0.262. The molecular formula is C16H13BrClFN2. The molecule has 0 bridgehead atoms. The molecule has 0 fully saturated rings. The van der Waals surface area contributed by atoms with Crippen molar-refractivity contribution in [2.45, 2.75) is 13.1 Å². The fourth-order valence-electron chi connectivity index (χ4n) is 2.47. The number of fused-ring (bicyclic) bond motifs is 1. The molecule has 0 saturated heterocycles. The lowest BCUT2D eigenvalue weighted by Gasteiger charge is -2.07. The largest absolute Gasteiger partial charge is 0.343 e. The molecule has 0 radical (unpaired) electrons. The van der Waals surface area contributed by atoms with Gasteiger partial charge in [-0.25, -0.2) is 4.39 Å². The molecule has 21 heavy (non-hydrogen) atoms. The molecule has 0 amide bonds. The van der Waals surface area contributed by atoms with Crippen molar-refractivity contribution in [3.8, 4) is 0 Å². The Morgan fingerprint density at radius 1 is 1.19 bits per heavy atom. The van der Waals surface area contributed by atoms with Crippen molar-refractivity contribution in [3.63, 3.8) is 0 Å². The maximum Gasteiger partial charge on any atom is 0.137 e. The molecule has 0 saturated carbocycles. The summed E-state index contributed by atoms with van der Waals surface area (Å²) < 4.78 is 15.9. The van der Waals surface area contributed by atoms with Crippen LogP contribution in [0.25, 0.3) is 10.9 Å². The number of aromatic nitrogens is 1. The van der Waals surface area contributed by atoms with Crippen molar-refractivity contribution < 1.29 is 4.39 Å². The number of hydrogen-bond donors (Lipinski definition) is 1. The first-order valence-corrected chi connectivity index (χ1v) is 7.67. The number of rotatable bonds is 3. The van der Waals surface area contributed by atoms with E-state index in [0.717, 1.165) is 22.0 Å². The summed E-state index contributed by atoms with van der Waals surface area (Å²) >= 11 is 9.30. The monoisotopic (exact) mass is 366 g/mol. The summed E-state index contributed by atoms with van der Waals surface area (Å²) in [4.78, 5) is 0. The van der Waals surface area contributed by atoms with Gasteiger partial charge in [0.05, 0.1) is 9.99 Å². The molecule has 0 aliphatic heterocycles. The topological polar surface area (TPSA) is 30.9 Å². The molecule has 1 aromatic heterocycles. The number of hydrogen-bond acceptors (Lipinski definition) is 1. The van der Waals surface area contributed by atoms with Crippen molar-refractivity contribution in [1.29, 1.82) is 0 Å². The third kappa shape index (κ3) is 2.84. The van der Waals surface area contributed by atoms with Gasteiger partial charge in [0, 0.05) is 29.7 Å². The Bertz CT molecular complexity index is 813. The molecule has 0 aliphatic carbocycles. The van der Waals surface area contributed by atoms with Crippen molar-refractivity contribution in [3.05, 3.63) is 69.0 Å². The molecule has 2 aromatic carbocycles. The highest BCUT2D eigenvalue weighted by Crippen LogP contribution is 2.26. The predicted octanol–water partition coefficient (Wildman–Crippen LogP) is 4.70. The number of nitrogens with two attached hydrogens (primary N) is 1. The first-order valence-electron chi connectivity index (χ1n) is 6.50. The second kappa shape index (κ2) is 5.79. The molecule has 3 aromatic rings. The Labute approximate surface area is 135 Å². The molecule has 0 spiro atoms. The zero-order valence-corrected chi connectivity index (χ0v) is 13.5. The standard InChI is InChI=1S/C16H13BrClFN2/c17-14-5-10(1-4-15(14)19)8-21-9-11(7-20)13-3-2-12(18)6-16(13)21/h1-6,9H,7-8,20H2. The van der Waals surface area contributed by atoms with Crippen LogP contribution in [0.2, 0.25) is 5.02 Å². The van der Waals surface area contributed by atoms with E-state index in [4.69, 9.17) is 17.3 Å². The van der Waals surface area contributed by atoms with E-state index in [1.165, 1.54) is 6.07 Å². The van der Waals surface area contributed by atoms with Gasteiger partial charge in [-0.2, -0.15) is 0 Å². The van der Waals surface area contributed by atoms with Gasteiger partial charge in [-0.15, -0.1) is 0 Å². The van der Waals surface area contributed by atoms with Crippen LogP contribution in [0, 0.1) is 5.82 Å². The van der Waals surface area contributed by atoms with Crippen molar-refractivity contribution >= 4 is 38.4 Å². The second-order valence-electron chi connectivity index (χ2n) is 4.90. The Kier molecular flexibility index (Phi) is 4.02. The molecule has 2 N–H and O–H groups in total.